The molecule has 0 spiro atoms. The Morgan fingerprint density at radius 2 is 2.19 bits per heavy atom. The average Bonchev–Trinajstić information content (AvgIpc) is 3.21. The predicted octanol–water partition coefficient (Wildman–Crippen LogP) is 3.21. The second-order valence-electron chi connectivity index (χ2n) is 5.52. The topological polar surface area (TPSA) is 47.0 Å². The monoisotopic (exact) mass is 303 g/mol. The van der Waals surface area contributed by atoms with Crippen LogP contribution in [0.1, 0.15) is 29.8 Å². The summed E-state index contributed by atoms with van der Waals surface area (Å²) >= 11 is 1.68. The van der Waals surface area contributed by atoms with Crippen molar-refractivity contribution in [3.05, 3.63) is 28.8 Å². The Kier molecular flexibility index (Phi) is 4.51. The Labute approximate surface area is 129 Å². The van der Waals surface area contributed by atoms with Crippen molar-refractivity contribution in [2.24, 2.45) is 0 Å². The minimum absolute atomic E-state index is 0.787. The number of methoxy groups -OCH3 is 1. The molecule has 3 rings (SSSR count). The third-order valence-electron chi connectivity index (χ3n) is 3.70. The van der Waals surface area contributed by atoms with Crippen LogP contribution in [-0.2, 0) is 6.42 Å². The highest BCUT2D eigenvalue weighted by molar-refractivity contribution is 7.14. The van der Waals surface area contributed by atoms with E-state index >= 15 is 0 Å². The van der Waals surface area contributed by atoms with E-state index in [1.807, 2.05) is 13.0 Å². The summed E-state index contributed by atoms with van der Waals surface area (Å²) in [6.45, 7) is 3.12. The molecule has 0 amide bonds. The lowest BCUT2D eigenvalue weighted by atomic mass is 10.1. The fourth-order valence-corrected chi connectivity index (χ4v) is 3.14. The highest BCUT2D eigenvalue weighted by atomic mass is 32.1. The van der Waals surface area contributed by atoms with Gasteiger partial charge in [-0.05, 0) is 44.4 Å². The third-order valence-corrected chi connectivity index (χ3v) is 4.73. The fourth-order valence-electron chi connectivity index (χ4n) is 2.26. The molecule has 1 fully saturated rings. The number of hydrogen-bond acceptors (Lipinski definition) is 5. The number of aromatic nitrogens is 2. The van der Waals surface area contributed by atoms with Crippen molar-refractivity contribution in [2.75, 3.05) is 13.7 Å². The zero-order valence-electron chi connectivity index (χ0n) is 12.6. The van der Waals surface area contributed by atoms with E-state index in [9.17, 15) is 0 Å². The van der Waals surface area contributed by atoms with E-state index in [0.717, 1.165) is 52.3 Å². The van der Waals surface area contributed by atoms with E-state index in [1.54, 1.807) is 18.4 Å². The molecular weight excluding hydrogens is 282 g/mol. The first-order valence-corrected chi connectivity index (χ1v) is 8.28. The SMILES string of the molecule is COc1cc(-c2nnc(CCCNC3CC3)s2)ccc1C. The number of nitrogens with zero attached hydrogens (tertiary/aromatic N) is 2. The van der Waals surface area contributed by atoms with Crippen LogP contribution in [0.4, 0.5) is 0 Å². The fraction of sp³-hybridized carbons (Fsp3) is 0.500. The van der Waals surface area contributed by atoms with Gasteiger partial charge in [-0.1, -0.05) is 23.5 Å². The first kappa shape index (κ1) is 14.5. The number of rotatable bonds is 7. The summed E-state index contributed by atoms with van der Waals surface area (Å²) < 4.78 is 5.37. The summed E-state index contributed by atoms with van der Waals surface area (Å²) in [5.74, 6) is 0.901. The van der Waals surface area contributed by atoms with E-state index < -0.39 is 0 Å². The molecule has 0 atom stereocenters. The van der Waals surface area contributed by atoms with E-state index in [0.29, 0.717) is 0 Å². The standard InChI is InChI=1S/C16H21N3OS/c1-11-5-6-12(10-14(11)20-2)16-19-18-15(21-16)4-3-9-17-13-7-8-13/h5-6,10,13,17H,3-4,7-9H2,1-2H3. The molecule has 2 aromatic rings. The maximum Gasteiger partial charge on any atom is 0.147 e. The Hall–Kier alpha value is -1.46. The van der Waals surface area contributed by atoms with Crippen LogP contribution in [0.15, 0.2) is 18.2 Å². The molecule has 112 valence electrons. The molecule has 4 nitrogen and oxygen atoms in total. The first-order valence-electron chi connectivity index (χ1n) is 7.47. The van der Waals surface area contributed by atoms with Crippen molar-refractivity contribution >= 4 is 11.3 Å². The molecule has 0 bridgehead atoms. The zero-order valence-corrected chi connectivity index (χ0v) is 13.4. The molecule has 1 N–H and O–H groups in total. The van der Waals surface area contributed by atoms with Crippen LogP contribution in [0.2, 0.25) is 0 Å². The van der Waals surface area contributed by atoms with Crippen LogP contribution >= 0.6 is 11.3 Å². The molecule has 1 heterocycles. The van der Waals surface area contributed by atoms with Gasteiger partial charge in [0.25, 0.3) is 0 Å². The Morgan fingerprint density at radius 3 is 2.95 bits per heavy atom. The molecule has 0 unspecified atom stereocenters. The van der Waals surface area contributed by atoms with Crippen LogP contribution < -0.4 is 10.1 Å². The molecule has 1 aliphatic rings. The molecule has 0 aliphatic heterocycles. The predicted molar refractivity (Wildman–Crippen MR) is 86.0 cm³/mol. The van der Waals surface area contributed by atoms with Crippen molar-refractivity contribution in [3.8, 4) is 16.3 Å². The number of ether oxygens (including phenoxy) is 1. The molecule has 21 heavy (non-hydrogen) atoms. The van der Waals surface area contributed by atoms with E-state index in [1.165, 1.54) is 12.8 Å². The lowest BCUT2D eigenvalue weighted by molar-refractivity contribution is 0.412. The van der Waals surface area contributed by atoms with Gasteiger partial charge in [0.2, 0.25) is 0 Å². The van der Waals surface area contributed by atoms with Crippen molar-refractivity contribution in [3.63, 3.8) is 0 Å². The van der Waals surface area contributed by atoms with Crippen molar-refractivity contribution in [1.82, 2.24) is 15.5 Å². The van der Waals surface area contributed by atoms with Crippen molar-refractivity contribution in [2.45, 2.75) is 38.6 Å². The maximum atomic E-state index is 5.37. The number of aryl methyl sites for hydroxylation is 2. The van der Waals surface area contributed by atoms with Crippen molar-refractivity contribution < 1.29 is 4.74 Å². The van der Waals surface area contributed by atoms with Gasteiger partial charge in [-0.3, -0.25) is 0 Å². The normalized spacial score (nSPS) is 14.4. The maximum absolute atomic E-state index is 5.37. The van der Waals surface area contributed by atoms with E-state index in [-0.39, 0.29) is 0 Å². The van der Waals surface area contributed by atoms with Gasteiger partial charge in [0.15, 0.2) is 0 Å². The van der Waals surface area contributed by atoms with Gasteiger partial charge in [0, 0.05) is 18.0 Å². The second kappa shape index (κ2) is 6.54. The van der Waals surface area contributed by atoms with Gasteiger partial charge in [0.1, 0.15) is 15.8 Å². The molecule has 5 heteroatoms. The molecular formula is C16H21N3OS. The number of nitrogens with one attached hydrogen (secondary N) is 1. The van der Waals surface area contributed by atoms with Gasteiger partial charge < -0.3 is 10.1 Å². The lowest BCUT2D eigenvalue weighted by Crippen LogP contribution is -2.17. The average molecular weight is 303 g/mol. The number of benzene rings is 1. The second-order valence-corrected chi connectivity index (χ2v) is 6.58. The van der Waals surface area contributed by atoms with Gasteiger partial charge in [0.05, 0.1) is 7.11 Å². The molecule has 0 radical (unpaired) electrons. The molecule has 0 saturated heterocycles. The minimum atomic E-state index is 0.787. The smallest absolute Gasteiger partial charge is 0.147 e. The highest BCUT2D eigenvalue weighted by Crippen LogP contribution is 2.29. The van der Waals surface area contributed by atoms with Gasteiger partial charge >= 0.3 is 0 Å². The minimum Gasteiger partial charge on any atom is -0.496 e. The molecule has 1 aliphatic carbocycles. The number of hydrogen-bond donors (Lipinski definition) is 1. The lowest BCUT2D eigenvalue weighted by Gasteiger charge is -2.05. The molecule has 1 aromatic carbocycles. The highest BCUT2D eigenvalue weighted by Gasteiger charge is 2.19. The summed E-state index contributed by atoms with van der Waals surface area (Å²) in [7, 11) is 1.70. The zero-order chi connectivity index (χ0) is 14.7. The molecule has 1 saturated carbocycles. The van der Waals surface area contributed by atoms with Gasteiger partial charge in [-0.25, -0.2) is 0 Å². The van der Waals surface area contributed by atoms with Crippen LogP contribution in [0.3, 0.4) is 0 Å². The third kappa shape index (κ3) is 3.80. The first-order chi connectivity index (χ1) is 10.3. The summed E-state index contributed by atoms with van der Waals surface area (Å²) in [4.78, 5) is 0. The Morgan fingerprint density at radius 1 is 1.33 bits per heavy atom. The summed E-state index contributed by atoms with van der Waals surface area (Å²) in [6.07, 6.45) is 4.82. The van der Waals surface area contributed by atoms with Crippen LogP contribution in [0, 0.1) is 6.92 Å². The Balaban J connectivity index is 1.60. The summed E-state index contributed by atoms with van der Waals surface area (Å²) in [5.41, 5.74) is 2.22. The summed E-state index contributed by atoms with van der Waals surface area (Å²) in [5, 5.41) is 14.2. The van der Waals surface area contributed by atoms with Crippen LogP contribution in [0.25, 0.3) is 10.6 Å². The van der Waals surface area contributed by atoms with Gasteiger partial charge in [-0.2, -0.15) is 0 Å². The van der Waals surface area contributed by atoms with Crippen LogP contribution in [-0.4, -0.2) is 29.9 Å². The van der Waals surface area contributed by atoms with Crippen LogP contribution in [0.5, 0.6) is 5.75 Å². The molecule has 1 aromatic heterocycles. The van der Waals surface area contributed by atoms with Crippen molar-refractivity contribution in [1.29, 1.82) is 0 Å². The largest absolute Gasteiger partial charge is 0.496 e. The van der Waals surface area contributed by atoms with E-state index in [2.05, 4.69) is 27.6 Å². The summed E-state index contributed by atoms with van der Waals surface area (Å²) in [6, 6.07) is 6.97. The van der Waals surface area contributed by atoms with E-state index in [4.69, 9.17) is 4.74 Å². The van der Waals surface area contributed by atoms with Gasteiger partial charge in [-0.15, -0.1) is 10.2 Å². The quantitative estimate of drug-likeness (QED) is 0.798. The Bertz CT molecular complexity index is 607.